The molecule has 31 heavy (non-hydrogen) atoms. The van der Waals surface area contributed by atoms with Crippen molar-refractivity contribution in [2.45, 2.75) is 18.7 Å². The number of thiazole rings is 1. The maximum atomic E-state index is 13.5. The van der Waals surface area contributed by atoms with E-state index in [4.69, 9.17) is 19.2 Å². The first kappa shape index (κ1) is 19.6. The number of benzene rings is 2. The molecule has 3 aromatic rings. The van der Waals surface area contributed by atoms with Crippen molar-refractivity contribution in [3.8, 4) is 11.5 Å². The number of para-hydroxylation sites is 1. The molecule has 1 aromatic heterocycles. The summed E-state index contributed by atoms with van der Waals surface area (Å²) in [6, 6.07) is 14.3. The first-order valence-corrected chi connectivity index (χ1v) is 10.6. The fraction of sp³-hybridized carbons (Fsp3) is 0.261. The number of carbonyl (C=O) groups excluding carboxylic acids is 1. The summed E-state index contributed by atoms with van der Waals surface area (Å²) in [7, 11) is 2.94. The fourth-order valence-electron chi connectivity index (χ4n) is 4.28. The van der Waals surface area contributed by atoms with Crippen LogP contribution in [0.5, 0.6) is 11.5 Å². The van der Waals surface area contributed by atoms with Crippen molar-refractivity contribution in [3.63, 3.8) is 0 Å². The van der Waals surface area contributed by atoms with E-state index in [2.05, 4.69) is 0 Å². The van der Waals surface area contributed by atoms with Crippen LogP contribution in [0.4, 0.5) is 0 Å². The Morgan fingerprint density at radius 1 is 1.19 bits per heavy atom. The Balaban J connectivity index is 1.75. The highest BCUT2D eigenvalue weighted by molar-refractivity contribution is 7.07. The van der Waals surface area contributed by atoms with Crippen molar-refractivity contribution in [1.82, 2.24) is 4.57 Å². The topological polar surface area (TPSA) is 79.1 Å². The molecule has 2 aliphatic rings. The smallest absolute Gasteiger partial charge is 0.317 e. The number of nitrogens with zero attached hydrogens (tertiary/aromatic N) is 2. The van der Waals surface area contributed by atoms with Gasteiger partial charge in [-0.05, 0) is 36.8 Å². The Morgan fingerprint density at radius 2 is 1.94 bits per heavy atom. The molecule has 2 aliphatic heterocycles. The lowest BCUT2D eigenvalue weighted by Gasteiger charge is -2.44. The molecule has 0 radical (unpaired) electrons. The number of esters is 1. The lowest BCUT2D eigenvalue weighted by atomic mass is 9.81. The molecule has 2 bridgehead atoms. The molecule has 0 unspecified atom stereocenters. The van der Waals surface area contributed by atoms with Gasteiger partial charge >= 0.3 is 5.97 Å². The molecular weight excluding hydrogens is 416 g/mol. The molecule has 3 heterocycles. The molecule has 158 valence electrons. The highest BCUT2D eigenvalue weighted by Gasteiger charge is 2.55. The number of fused-ring (bicyclic) bond motifs is 6. The van der Waals surface area contributed by atoms with E-state index in [1.54, 1.807) is 18.6 Å². The van der Waals surface area contributed by atoms with Gasteiger partial charge in [-0.2, -0.15) is 0 Å². The number of hydrogen-bond acceptors (Lipinski definition) is 7. The lowest BCUT2D eigenvalue weighted by Crippen LogP contribution is -2.58. The van der Waals surface area contributed by atoms with Crippen LogP contribution in [-0.4, -0.2) is 30.5 Å². The third-order valence-electron chi connectivity index (χ3n) is 5.75. The van der Waals surface area contributed by atoms with E-state index in [0.29, 0.717) is 15.1 Å². The van der Waals surface area contributed by atoms with Crippen molar-refractivity contribution in [2.75, 3.05) is 14.2 Å². The van der Waals surface area contributed by atoms with Gasteiger partial charge in [-0.25, -0.2) is 4.99 Å². The average molecular weight is 436 g/mol. The van der Waals surface area contributed by atoms with Gasteiger partial charge in [0, 0.05) is 5.56 Å². The number of ether oxygens (including phenoxy) is 3. The third-order valence-corrected chi connectivity index (χ3v) is 6.73. The Labute approximate surface area is 181 Å². The highest BCUT2D eigenvalue weighted by atomic mass is 32.1. The minimum Gasteiger partial charge on any atom is -0.497 e. The predicted molar refractivity (Wildman–Crippen MR) is 115 cm³/mol. The van der Waals surface area contributed by atoms with Gasteiger partial charge in [-0.1, -0.05) is 41.7 Å². The molecule has 0 saturated carbocycles. The Morgan fingerprint density at radius 3 is 2.65 bits per heavy atom. The zero-order chi connectivity index (χ0) is 21.8. The summed E-state index contributed by atoms with van der Waals surface area (Å²) in [6.07, 6.45) is 1.82. The average Bonchev–Trinajstić information content (AvgIpc) is 3.06. The first-order valence-electron chi connectivity index (χ1n) is 9.78. The van der Waals surface area contributed by atoms with E-state index >= 15 is 0 Å². The predicted octanol–water partition coefficient (Wildman–Crippen LogP) is 1.87. The number of aromatic nitrogens is 1. The third kappa shape index (κ3) is 2.97. The Bertz CT molecular complexity index is 1360. The summed E-state index contributed by atoms with van der Waals surface area (Å²) in [5.41, 5.74) is 0.271. The van der Waals surface area contributed by atoms with Crippen LogP contribution < -0.4 is 24.4 Å². The van der Waals surface area contributed by atoms with Crippen LogP contribution in [0.15, 0.2) is 58.3 Å². The van der Waals surface area contributed by atoms with E-state index in [9.17, 15) is 9.59 Å². The quantitative estimate of drug-likeness (QED) is 0.586. The maximum absolute atomic E-state index is 13.5. The molecular formula is C23H20N2O5S. The van der Waals surface area contributed by atoms with Gasteiger partial charge in [0.25, 0.3) is 5.56 Å². The van der Waals surface area contributed by atoms with Crippen LogP contribution in [-0.2, 0) is 9.53 Å². The fourth-order valence-corrected chi connectivity index (χ4v) is 5.38. The van der Waals surface area contributed by atoms with Gasteiger partial charge in [-0.15, -0.1) is 0 Å². The van der Waals surface area contributed by atoms with E-state index in [-0.39, 0.29) is 5.56 Å². The van der Waals surface area contributed by atoms with Crippen molar-refractivity contribution in [3.05, 3.63) is 79.3 Å². The molecule has 0 spiro atoms. The standard InChI is InChI=1S/C23H20N2O5S/c1-23-18(21(27)29-3)19(15-6-4-5-7-16(15)30-23)25-20(26)17(31-22(25)24-23)12-13-8-10-14(28-2)11-9-13/h4-12,18-19H,1-3H3/b17-12+/t18-,19+,23-/m0/s1. The van der Waals surface area contributed by atoms with Crippen molar-refractivity contribution in [2.24, 2.45) is 10.9 Å². The van der Waals surface area contributed by atoms with E-state index in [1.807, 2.05) is 54.6 Å². The van der Waals surface area contributed by atoms with Crippen LogP contribution >= 0.6 is 11.3 Å². The van der Waals surface area contributed by atoms with E-state index < -0.39 is 23.7 Å². The van der Waals surface area contributed by atoms with Gasteiger partial charge in [0.15, 0.2) is 4.80 Å². The SMILES string of the molecule is COC(=O)[C@@H]1[C@H]2c3ccccc3O[C@]1(C)N=c1s/c(=C/c3ccc(OC)cc3)c(=O)n12. The summed E-state index contributed by atoms with van der Waals surface area (Å²) >= 11 is 1.28. The van der Waals surface area contributed by atoms with Crippen molar-refractivity contribution in [1.29, 1.82) is 0 Å². The number of carbonyl (C=O) groups is 1. The van der Waals surface area contributed by atoms with Gasteiger partial charge in [0.05, 0.1) is 24.8 Å². The monoisotopic (exact) mass is 436 g/mol. The number of methoxy groups -OCH3 is 2. The van der Waals surface area contributed by atoms with Crippen LogP contribution in [0.2, 0.25) is 0 Å². The van der Waals surface area contributed by atoms with E-state index in [1.165, 1.54) is 18.4 Å². The van der Waals surface area contributed by atoms with Crippen molar-refractivity contribution < 1.29 is 19.0 Å². The van der Waals surface area contributed by atoms with Crippen LogP contribution in [0.3, 0.4) is 0 Å². The molecule has 7 nitrogen and oxygen atoms in total. The normalized spacial score (nSPS) is 23.8. The number of rotatable bonds is 3. The zero-order valence-corrected chi connectivity index (χ0v) is 18.0. The zero-order valence-electron chi connectivity index (χ0n) is 17.2. The number of hydrogen-bond donors (Lipinski definition) is 0. The molecule has 0 fully saturated rings. The Hall–Kier alpha value is -3.39. The summed E-state index contributed by atoms with van der Waals surface area (Å²) in [6.45, 7) is 1.76. The van der Waals surface area contributed by atoms with Gasteiger partial charge in [0.1, 0.15) is 17.4 Å². The summed E-state index contributed by atoms with van der Waals surface area (Å²) in [5.74, 6) is 0.116. The minimum absolute atomic E-state index is 0.197. The minimum atomic E-state index is -1.17. The summed E-state index contributed by atoms with van der Waals surface area (Å²) in [4.78, 5) is 31.5. The highest BCUT2D eigenvalue weighted by Crippen LogP contribution is 2.47. The second-order valence-electron chi connectivity index (χ2n) is 7.59. The molecule has 0 amide bonds. The van der Waals surface area contributed by atoms with Gasteiger partial charge < -0.3 is 14.2 Å². The van der Waals surface area contributed by atoms with Crippen LogP contribution in [0.1, 0.15) is 24.1 Å². The molecule has 5 rings (SSSR count). The van der Waals surface area contributed by atoms with Gasteiger partial charge in [-0.3, -0.25) is 14.2 Å². The van der Waals surface area contributed by atoms with Crippen LogP contribution in [0.25, 0.3) is 6.08 Å². The first-order chi connectivity index (χ1) is 14.9. The molecule has 0 N–H and O–H groups in total. The largest absolute Gasteiger partial charge is 0.497 e. The van der Waals surface area contributed by atoms with E-state index in [0.717, 1.165) is 16.9 Å². The van der Waals surface area contributed by atoms with Crippen molar-refractivity contribution >= 4 is 23.4 Å². The Kier molecular flexibility index (Phi) is 4.48. The second-order valence-corrected chi connectivity index (χ2v) is 8.60. The van der Waals surface area contributed by atoms with Gasteiger partial charge in [0.2, 0.25) is 5.72 Å². The molecule has 8 heteroatoms. The molecule has 2 aromatic carbocycles. The summed E-state index contributed by atoms with van der Waals surface area (Å²) < 4.78 is 18.6. The maximum Gasteiger partial charge on any atom is 0.317 e. The molecule has 0 aliphatic carbocycles. The molecule has 3 atom stereocenters. The molecule has 0 saturated heterocycles. The summed E-state index contributed by atoms with van der Waals surface area (Å²) in [5, 5.41) is 0. The second kappa shape index (κ2) is 7.09. The lowest BCUT2D eigenvalue weighted by molar-refractivity contribution is -0.158. The van der Waals surface area contributed by atoms with Crippen LogP contribution in [0, 0.1) is 5.92 Å².